The molecular formula is C12H12N4O. The number of fused-ring (bicyclic) bond motifs is 1. The molecule has 5 heteroatoms. The van der Waals surface area contributed by atoms with Crippen LogP contribution in [0.4, 0.5) is 0 Å². The SMILES string of the molecule is COc1cnc2c(c1)c(-c1cn[nH]c1)cn2C. The molecule has 17 heavy (non-hydrogen) atoms. The van der Waals surface area contributed by atoms with E-state index in [1.807, 2.05) is 30.1 Å². The van der Waals surface area contributed by atoms with Crippen molar-refractivity contribution in [3.63, 3.8) is 0 Å². The fraction of sp³-hybridized carbons (Fsp3) is 0.167. The molecule has 0 fully saturated rings. The number of aromatic amines is 1. The summed E-state index contributed by atoms with van der Waals surface area (Å²) < 4.78 is 7.21. The van der Waals surface area contributed by atoms with Crippen LogP contribution in [0.25, 0.3) is 22.2 Å². The Bertz CT molecular complexity index is 655. The van der Waals surface area contributed by atoms with Gasteiger partial charge in [0.1, 0.15) is 11.4 Å². The normalized spacial score (nSPS) is 10.9. The van der Waals surface area contributed by atoms with E-state index < -0.39 is 0 Å². The summed E-state index contributed by atoms with van der Waals surface area (Å²) in [6.45, 7) is 0. The summed E-state index contributed by atoms with van der Waals surface area (Å²) >= 11 is 0. The van der Waals surface area contributed by atoms with Gasteiger partial charge in [0.2, 0.25) is 0 Å². The second kappa shape index (κ2) is 3.62. The van der Waals surface area contributed by atoms with Gasteiger partial charge in [-0.2, -0.15) is 5.10 Å². The number of nitrogens with zero attached hydrogens (tertiary/aromatic N) is 3. The first-order valence-electron chi connectivity index (χ1n) is 5.28. The molecule has 5 nitrogen and oxygen atoms in total. The zero-order chi connectivity index (χ0) is 11.8. The largest absolute Gasteiger partial charge is 0.495 e. The zero-order valence-electron chi connectivity index (χ0n) is 9.64. The van der Waals surface area contributed by atoms with Crippen molar-refractivity contribution in [1.29, 1.82) is 0 Å². The average molecular weight is 228 g/mol. The maximum Gasteiger partial charge on any atom is 0.140 e. The Balaban J connectivity index is 2.31. The topological polar surface area (TPSA) is 55.7 Å². The van der Waals surface area contributed by atoms with Gasteiger partial charge in [-0.05, 0) is 6.07 Å². The molecule has 3 aromatic heterocycles. The summed E-state index contributed by atoms with van der Waals surface area (Å²) in [6, 6.07) is 1.99. The molecule has 0 aliphatic carbocycles. The van der Waals surface area contributed by atoms with E-state index in [1.54, 1.807) is 19.5 Å². The van der Waals surface area contributed by atoms with Crippen LogP contribution in [-0.2, 0) is 7.05 Å². The highest BCUT2D eigenvalue weighted by Gasteiger charge is 2.11. The maximum absolute atomic E-state index is 5.21. The van der Waals surface area contributed by atoms with E-state index in [0.29, 0.717) is 0 Å². The standard InChI is InChI=1S/C12H12N4O/c1-16-7-11(8-4-14-15-5-8)10-3-9(17-2)6-13-12(10)16/h3-7H,1-2H3,(H,14,15). The van der Waals surface area contributed by atoms with Gasteiger partial charge < -0.3 is 9.30 Å². The minimum Gasteiger partial charge on any atom is -0.495 e. The Kier molecular flexibility index (Phi) is 2.11. The predicted octanol–water partition coefficient (Wildman–Crippen LogP) is 1.97. The summed E-state index contributed by atoms with van der Waals surface area (Å²) in [6.07, 6.45) is 7.44. The highest BCUT2D eigenvalue weighted by atomic mass is 16.5. The van der Waals surface area contributed by atoms with Crippen molar-refractivity contribution < 1.29 is 4.74 Å². The summed E-state index contributed by atoms with van der Waals surface area (Å²) in [5, 5.41) is 7.85. The zero-order valence-corrected chi connectivity index (χ0v) is 9.64. The van der Waals surface area contributed by atoms with E-state index in [1.165, 1.54) is 0 Å². The van der Waals surface area contributed by atoms with E-state index in [-0.39, 0.29) is 0 Å². The number of aromatic nitrogens is 4. The second-order valence-corrected chi connectivity index (χ2v) is 3.89. The summed E-state index contributed by atoms with van der Waals surface area (Å²) in [7, 11) is 3.62. The fourth-order valence-corrected chi connectivity index (χ4v) is 1.98. The number of methoxy groups -OCH3 is 1. The number of hydrogen-bond acceptors (Lipinski definition) is 3. The van der Waals surface area contributed by atoms with E-state index in [4.69, 9.17) is 4.74 Å². The lowest BCUT2D eigenvalue weighted by atomic mass is 10.1. The molecule has 3 rings (SSSR count). The number of rotatable bonds is 2. The van der Waals surface area contributed by atoms with Crippen LogP contribution < -0.4 is 4.74 Å². The monoisotopic (exact) mass is 228 g/mol. The minimum atomic E-state index is 0.758. The van der Waals surface area contributed by atoms with E-state index in [0.717, 1.165) is 27.9 Å². The molecule has 3 aromatic rings. The van der Waals surface area contributed by atoms with Crippen molar-refractivity contribution in [2.45, 2.75) is 0 Å². The molecule has 0 radical (unpaired) electrons. The number of pyridine rings is 1. The third kappa shape index (κ3) is 1.47. The van der Waals surface area contributed by atoms with Gasteiger partial charge in [0.15, 0.2) is 0 Å². The van der Waals surface area contributed by atoms with Crippen LogP contribution in [-0.4, -0.2) is 26.9 Å². The predicted molar refractivity (Wildman–Crippen MR) is 64.8 cm³/mol. The molecule has 0 atom stereocenters. The van der Waals surface area contributed by atoms with Gasteiger partial charge >= 0.3 is 0 Å². The van der Waals surface area contributed by atoms with E-state index >= 15 is 0 Å². The van der Waals surface area contributed by atoms with Crippen LogP contribution in [0.5, 0.6) is 5.75 Å². The Morgan fingerprint density at radius 2 is 2.24 bits per heavy atom. The Hall–Kier alpha value is -2.30. The van der Waals surface area contributed by atoms with Gasteiger partial charge in [0.25, 0.3) is 0 Å². The van der Waals surface area contributed by atoms with Gasteiger partial charge in [0.05, 0.1) is 19.5 Å². The minimum absolute atomic E-state index is 0.758. The fourth-order valence-electron chi connectivity index (χ4n) is 1.98. The van der Waals surface area contributed by atoms with E-state index in [9.17, 15) is 0 Å². The molecule has 0 saturated heterocycles. The molecule has 0 unspecified atom stereocenters. The van der Waals surface area contributed by atoms with E-state index in [2.05, 4.69) is 15.2 Å². The first-order chi connectivity index (χ1) is 8.29. The average Bonchev–Trinajstić information content (AvgIpc) is 2.97. The van der Waals surface area contributed by atoms with Crippen molar-refractivity contribution in [2.24, 2.45) is 7.05 Å². The van der Waals surface area contributed by atoms with Crippen LogP contribution in [0.15, 0.2) is 30.9 Å². The number of ether oxygens (including phenoxy) is 1. The quantitative estimate of drug-likeness (QED) is 0.729. The lowest BCUT2D eigenvalue weighted by Gasteiger charge is -2.00. The number of hydrogen-bond donors (Lipinski definition) is 1. The maximum atomic E-state index is 5.21. The van der Waals surface area contributed by atoms with Crippen LogP contribution in [0.1, 0.15) is 0 Å². The third-order valence-electron chi connectivity index (χ3n) is 2.83. The Morgan fingerprint density at radius 1 is 1.35 bits per heavy atom. The van der Waals surface area contributed by atoms with Crippen molar-refractivity contribution in [3.8, 4) is 16.9 Å². The first kappa shape index (κ1) is 9.89. The Labute approximate surface area is 98.0 Å². The molecule has 0 spiro atoms. The molecule has 0 amide bonds. The third-order valence-corrected chi connectivity index (χ3v) is 2.83. The summed E-state index contributed by atoms with van der Waals surface area (Å²) in [5.74, 6) is 0.758. The smallest absolute Gasteiger partial charge is 0.140 e. The molecule has 0 bridgehead atoms. The second-order valence-electron chi connectivity index (χ2n) is 3.89. The van der Waals surface area contributed by atoms with Crippen molar-refractivity contribution in [2.75, 3.05) is 7.11 Å². The van der Waals surface area contributed by atoms with Crippen LogP contribution in [0.2, 0.25) is 0 Å². The molecule has 0 aromatic carbocycles. The first-order valence-corrected chi connectivity index (χ1v) is 5.28. The number of H-pyrrole nitrogens is 1. The lowest BCUT2D eigenvalue weighted by molar-refractivity contribution is 0.413. The summed E-state index contributed by atoms with van der Waals surface area (Å²) in [4.78, 5) is 4.39. The highest BCUT2D eigenvalue weighted by Crippen LogP contribution is 2.30. The molecule has 86 valence electrons. The van der Waals surface area contributed by atoms with Gasteiger partial charge in [-0.1, -0.05) is 0 Å². The molecular weight excluding hydrogens is 216 g/mol. The highest BCUT2D eigenvalue weighted by molar-refractivity contribution is 5.94. The van der Waals surface area contributed by atoms with Crippen molar-refractivity contribution in [1.82, 2.24) is 19.7 Å². The van der Waals surface area contributed by atoms with Gasteiger partial charge in [-0.15, -0.1) is 0 Å². The van der Waals surface area contributed by atoms with Gasteiger partial charge in [-0.25, -0.2) is 4.98 Å². The number of nitrogens with one attached hydrogen (secondary N) is 1. The lowest BCUT2D eigenvalue weighted by Crippen LogP contribution is -1.88. The molecule has 0 aliphatic heterocycles. The molecule has 3 heterocycles. The van der Waals surface area contributed by atoms with Gasteiger partial charge in [-0.3, -0.25) is 5.10 Å². The number of aryl methyl sites for hydroxylation is 1. The Morgan fingerprint density at radius 3 is 2.94 bits per heavy atom. The van der Waals surface area contributed by atoms with Crippen LogP contribution >= 0.6 is 0 Å². The van der Waals surface area contributed by atoms with Crippen molar-refractivity contribution >= 4 is 11.0 Å². The van der Waals surface area contributed by atoms with Crippen molar-refractivity contribution in [3.05, 3.63) is 30.9 Å². The molecule has 1 N–H and O–H groups in total. The van der Waals surface area contributed by atoms with Gasteiger partial charge in [0, 0.05) is 36.0 Å². The molecule has 0 aliphatic rings. The molecule has 0 saturated carbocycles. The summed E-state index contributed by atoms with van der Waals surface area (Å²) in [5.41, 5.74) is 3.08. The van der Waals surface area contributed by atoms with Crippen LogP contribution in [0, 0.1) is 0 Å². The van der Waals surface area contributed by atoms with Crippen LogP contribution in [0.3, 0.4) is 0 Å².